The molecule has 0 atom stereocenters. The van der Waals surface area contributed by atoms with Crippen LogP contribution in [-0.4, -0.2) is 70.8 Å². The molecule has 0 aromatic heterocycles. The largest absolute Gasteiger partial charge is 0.330 e. The Morgan fingerprint density at radius 2 is 0.778 bits per heavy atom. The summed E-state index contributed by atoms with van der Waals surface area (Å²) in [7, 11) is -3.19. The summed E-state index contributed by atoms with van der Waals surface area (Å²) in [5.74, 6) is 0.291. The third-order valence-corrected chi connectivity index (χ3v) is 9.99. The number of rotatable bonds is 35. The Morgan fingerprint density at radius 1 is 0.444 bits per heavy atom. The number of nitrogens with two attached hydrogens (primary N) is 2. The summed E-state index contributed by atoms with van der Waals surface area (Å²) in [4.78, 5) is 0. The quantitative estimate of drug-likeness (QED) is 0.0485. The Bertz CT molecular complexity index is 626. The summed E-state index contributed by atoms with van der Waals surface area (Å²) in [6.07, 6.45) is 28.0. The Kier molecular flexibility index (Phi) is 55.2. The normalized spacial score (nSPS) is 11.0. The van der Waals surface area contributed by atoms with Crippen molar-refractivity contribution in [3.05, 3.63) is 0 Å². The summed E-state index contributed by atoms with van der Waals surface area (Å²) in [6.45, 7) is 8.86. The molecule has 0 bridgehead atoms. The molecule has 6 N–H and O–H groups in total. The number of nitrogens with one attached hydrogen (secondary N) is 2. The van der Waals surface area contributed by atoms with Crippen molar-refractivity contribution in [2.45, 2.75) is 155 Å². The second-order valence-corrected chi connectivity index (χ2v) is 14.2. The van der Waals surface area contributed by atoms with E-state index in [4.69, 9.17) is 11.5 Å². The van der Waals surface area contributed by atoms with Gasteiger partial charge >= 0.3 is 0 Å². The van der Waals surface area contributed by atoms with Crippen molar-refractivity contribution < 1.29 is 8.42 Å². The number of nitrogens with zero attached hydrogens (tertiary/aromatic N) is 1. The topological polar surface area (TPSA) is 113 Å². The zero-order valence-electron chi connectivity index (χ0n) is 29.1. The average molecular weight is 750 g/mol. The summed E-state index contributed by atoms with van der Waals surface area (Å²) >= 11 is 0. The predicted molar refractivity (Wildman–Crippen MR) is 210 cm³/mol. The molecule has 280 valence electrons. The molecule has 0 rings (SSSR count). The van der Waals surface area contributed by atoms with Gasteiger partial charge in [0.15, 0.2) is 0 Å². The first-order chi connectivity index (χ1) is 20.1. The maximum atomic E-state index is 13.1. The van der Waals surface area contributed by atoms with Gasteiger partial charge in [-0.15, -0.1) is 49.6 Å². The lowest BCUT2D eigenvalue weighted by molar-refractivity contribution is 0.389. The molecule has 0 fully saturated rings. The number of hydrogen-bond acceptors (Lipinski definition) is 6. The van der Waals surface area contributed by atoms with Crippen LogP contribution in [0.2, 0.25) is 0 Å². The maximum Gasteiger partial charge on any atom is 0.214 e. The Morgan fingerprint density at radius 3 is 1.20 bits per heavy atom. The van der Waals surface area contributed by atoms with Gasteiger partial charge in [0.2, 0.25) is 10.0 Å². The second-order valence-electron chi connectivity index (χ2n) is 12.1. The fourth-order valence-corrected chi connectivity index (χ4v) is 6.95. The molecule has 0 saturated heterocycles. The minimum atomic E-state index is -3.19. The van der Waals surface area contributed by atoms with Crippen LogP contribution < -0.4 is 22.1 Å². The first-order valence-electron chi connectivity index (χ1n) is 17.9. The zero-order chi connectivity index (χ0) is 30.1. The van der Waals surface area contributed by atoms with E-state index in [1.54, 1.807) is 4.31 Å². The van der Waals surface area contributed by atoms with Crippen LogP contribution in [0.1, 0.15) is 155 Å². The molecule has 0 spiro atoms. The van der Waals surface area contributed by atoms with Crippen molar-refractivity contribution in [3.63, 3.8) is 0 Å². The molecule has 12 heteroatoms. The highest BCUT2D eigenvalue weighted by Crippen LogP contribution is 2.15. The van der Waals surface area contributed by atoms with Crippen molar-refractivity contribution in [2.24, 2.45) is 11.5 Å². The molecule has 0 saturated carbocycles. The molecule has 7 nitrogen and oxygen atoms in total. The molecule has 0 heterocycles. The van der Waals surface area contributed by atoms with E-state index in [-0.39, 0.29) is 49.6 Å². The fourth-order valence-electron chi connectivity index (χ4n) is 5.31. The van der Waals surface area contributed by atoms with Crippen LogP contribution in [0, 0.1) is 0 Å². The van der Waals surface area contributed by atoms with Crippen molar-refractivity contribution in [1.82, 2.24) is 14.9 Å². The lowest BCUT2D eigenvalue weighted by atomic mass is 10.0. The van der Waals surface area contributed by atoms with Crippen LogP contribution in [0.3, 0.4) is 0 Å². The van der Waals surface area contributed by atoms with Gasteiger partial charge in [-0.1, -0.05) is 103 Å². The molecule has 0 radical (unpaired) electrons. The third kappa shape index (κ3) is 41.0. The summed E-state index contributed by atoms with van der Waals surface area (Å²) < 4.78 is 27.9. The van der Waals surface area contributed by atoms with Gasteiger partial charge in [-0.25, -0.2) is 12.7 Å². The average Bonchev–Trinajstić information content (AvgIpc) is 2.96. The van der Waals surface area contributed by atoms with Crippen LogP contribution in [0.4, 0.5) is 0 Å². The monoisotopic (exact) mass is 747 g/mol. The smallest absolute Gasteiger partial charge is 0.214 e. The Hall–Kier alpha value is 0.910. The van der Waals surface area contributed by atoms with E-state index in [0.717, 1.165) is 96.9 Å². The Labute approximate surface area is 305 Å². The van der Waals surface area contributed by atoms with Gasteiger partial charge in [0.05, 0.1) is 5.75 Å². The van der Waals surface area contributed by atoms with Crippen LogP contribution in [0.25, 0.3) is 0 Å². The SMILES string of the molecule is CCCCCCCCCCCCCCCCCCS(=O)(=O)N(CCCCN)CCCNCCCCNCCCCN.Cl.Cl.Cl.Cl. The van der Waals surface area contributed by atoms with Gasteiger partial charge in [0.1, 0.15) is 0 Å². The third-order valence-electron chi connectivity index (χ3n) is 8.04. The number of halogens is 4. The van der Waals surface area contributed by atoms with Gasteiger partial charge in [-0.05, 0) is 90.6 Å². The van der Waals surface area contributed by atoms with Crippen LogP contribution in [-0.2, 0) is 10.0 Å². The van der Waals surface area contributed by atoms with Crippen molar-refractivity contribution in [1.29, 1.82) is 0 Å². The van der Waals surface area contributed by atoms with E-state index in [1.165, 1.54) is 83.5 Å². The fraction of sp³-hybridized carbons (Fsp3) is 1.00. The van der Waals surface area contributed by atoms with Gasteiger partial charge in [0, 0.05) is 13.1 Å². The van der Waals surface area contributed by atoms with Crippen LogP contribution >= 0.6 is 49.6 Å². The summed E-state index contributed by atoms with van der Waals surface area (Å²) in [6, 6.07) is 0. The van der Waals surface area contributed by atoms with Gasteiger partial charge in [0.25, 0.3) is 0 Å². The van der Waals surface area contributed by atoms with Crippen molar-refractivity contribution >= 4 is 59.7 Å². The van der Waals surface area contributed by atoms with Gasteiger partial charge in [-0.2, -0.15) is 0 Å². The molecule has 0 aromatic carbocycles. The lowest BCUT2D eigenvalue weighted by Gasteiger charge is -2.22. The molecular weight excluding hydrogens is 672 g/mol. The van der Waals surface area contributed by atoms with E-state index in [0.29, 0.717) is 25.4 Å². The van der Waals surface area contributed by atoms with Gasteiger partial charge in [-0.3, -0.25) is 0 Å². The number of sulfonamides is 1. The molecule has 0 amide bonds. The lowest BCUT2D eigenvalue weighted by Crippen LogP contribution is -2.36. The highest BCUT2D eigenvalue weighted by molar-refractivity contribution is 7.89. The second kappa shape index (κ2) is 44.9. The van der Waals surface area contributed by atoms with E-state index in [9.17, 15) is 8.42 Å². The highest BCUT2D eigenvalue weighted by Gasteiger charge is 2.20. The van der Waals surface area contributed by atoms with Crippen molar-refractivity contribution in [3.8, 4) is 0 Å². The van der Waals surface area contributed by atoms with E-state index < -0.39 is 10.0 Å². The minimum Gasteiger partial charge on any atom is -0.330 e. The maximum absolute atomic E-state index is 13.1. The molecular formula is C33H77Cl4N5O2S. The van der Waals surface area contributed by atoms with E-state index in [2.05, 4.69) is 17.6 Å². The molecule has 0 aliphatic carbocycles. The standard InChI is InChI=1S/C33H73N5O2S.4ClH/c1-2-3-4-5-6-7-8-9-10-11-12-13-14-15-16-23-33-41(39,40)38(31-22-18-26-35)32-24-30-37-29-21-20-28-36-27-19-17-25-34;;;;/h36-37H,2-35H2,1H3;4*1H. The first-order valence-corrected chi connectivity index (χ1v) is 19.5. The van der Waals surface area contributed by atoms with Crippen LogP contribution in [0.15, 0.2) is 0 Å². The molecule has 0 unspecified atom stereocenters. The predicted octanol–water partition coefficient (Wildman–Crippen LogP) is 8.39. The Balaban J connectivity index is -0.00000133. The summed E-state index contributed by atoms with van der Waals surface area (Å²) in [5.41, 5.74) is 11.2. The zero-order valence-corrected chi connectivity index (χ0v) is 33.2. The van der Waals surface area contributed by atoms with Crippen LogP contribution in [0.5, 0.6) is 0 Å². The number of unbranched alkanes of at least 4 members (excludes halogenated alkanes) is 18. The summed E-state index contributed by atoms with van der Waals surface area (Å²) in [5, 5.41) is 6.95. The van der Waals surface area contributed by atoms with Crippen molar-refractivity contribution in [2.75, 3.05) is 58.1 Å². The van der Waals surface area contributed by atoms with Gasteiger partial charge < -0.3 is 22.1 Å². The van der Waals surface area contributed by atoms with E-state index in [1.807, 2.05) is 0 Å². The van der Waals surface area contributed by atoms with E-state index >= 15 is 0 Å². The first kappa shape index (κ1) is 55.3. The number of hydrogen-bond donors (Lipinski definition) is 4. The molecule has 0 aliphatic rings. The minimum absolute atomic E-state index is 0. The molecule has 45 heavy (non-hydrogen) atoms. The molecule has 0 aromatic rings. The molecule has 0 aliphatic heterocycles. The highest BCUT2D eigenvalue weighted by atomic mass is 35.5.